The summed E-state index contributed by atoms with van der Waals surface area (Å²) >= 11 is 0. The fourth-order valence-corrected chi connectivity index (χ4v) is 7.94. The van der Waals surface area contributed by atoms with E-state index in [1.54, 1.807) is 0 Å². The van der Waals surface area contributed by atoms with E-state index in [-0.39, 0.29) is 0 Å². The molecule has 2 atom stereocenters. The molecule has 2 unspecified atom stereocenters. The quantitative estimate of drug-likeness (QED) is 0.215. The van der Waals surface area contributed by atoms with E-state index in [0.717, 1.165) is 25.7 Å². The molecule has 0 N–H and O–H groups in total. The van der Waals surface area contributed by atoms with Crippen LogP contribution in [0.4, 0.5) is 0 Å². The Morgan fingerprint density at radius 1 is 0.690 bits per heavy atom. The van der Waals surface area contributed by atoms with E-state index in [4.69, 9.17) is 0 Å². The number of rotatable bonds is 3. The molecule has 0 aliphatic heterocycles. The number of benzene rings is 3. The first kappa shape index (κ1) is 24.1. The molecule has 2 heteroatoms. The number of para-hydroxylation sites is 1. The van der Waals surface area contributed by atoms with Crippen LogP contribution in [0.3, 0.4) is 0 Å². The van der Waals surface area contributed by atoms with Crippen LogP contribution in [0.2, 0.25) is 0 Å². The van der Waals surface area contributed by atoms with E-state index < -0.39 is 0 Å². The Kier molecular flexibility index (Phi) is 5.44. The van der Waals surface area contributed by atoms with Crippen LogP contribution in [0.5, 0.6) is 0 Å². The Bertz CT molecular complexity index is 2100. The van der Waals surface area contributed by atoms with Gasteiger partial charge in [-0.1, -0.05) is 85.0 Å². The fourth-order valence-electron chi connectivity index (χ4n) is 7.94. The Hall–Kier alpha value is -4.56. The molecule has 0 radical (unpaired) electrons. The highest BCUT2D eigenvalue weighted by molar-refractivity contribution is 6.11. The first-order valence-electron chi connectivity index (χ1n) is 15.6. The second-order valence-electron chi connectivity index (χ2n) is 12.3. The van der Waals surface area contributed by atoms with E-state index in [9.17, 15) is 0 Å². The smallest absolute Gasteiger partial charge is 0.0557 e. The standard InChI is InChI=1S/C40H34N2/c1-2-12-31(13-3-1)41-37-16-8-6-14-33(37)35-25-29(19-22-39(35)41)30-20-23-40-36(26-30)34-15-7-9-17-38(34)42(40)32-21-18-27-10-4-5-11-28(27)24-32/h1-4,6-7,9-10,12,14-15,17-23,25-26,28,31H,5,8,11,13,16,24H2. The summed E-state index contributed by atoms with van der Waals surface area (Å²) in [5, 5.41) is 4.04. The van der Waals surface area contributed by atoms with Gasteiger partial charge in [0.15, 0.2) is 0 Å². The number of aromatic nitrogens is 2. The molecule has 204 valence electrons. The molecule has 9 rings (SSSR count). The summed E-state index contributed by atoms with van der Waals surface area (Å²) in [6, 6.07) is 23.6. The lowest BCUT2D eigenvalue weighted by atomic mass is 9.82. The van der Waals surface area contributed by atoms with Gasteiger partial charge in [-0.05, 0) is 97.6 Å². The zero-order chi connectivity index (χ0) is 27.6. The average molecular weight is 543 g/mol. The predicted molar refractivity (Wildman–Crippen MR) is 179 cm³/mol. The highest BCUT2D eigenvalue weighted by atomic mass is 15.0. The first-order chi connectivity index (χ1) is 20.8. The minimum Gasteiger partial charge on any atom is -0.337 e. The lowest BCUT2D eigenvalue weighted by molar-refractivity contribution is 0.565. The molecule has 0 saturated carbocycles. The summed E-state index contributed by atoms with van der Waals surface area (Å²) < 4.78 is 5.13. The second kappa shape index (κ2) is 9.49. The van der Waals surface area contributed by atoms with Crippen LogP contribution < -0.4 is 0 Å². The number of fused-ring (bicyclic) bond motifs is 7. The molecule has 0 bridgehead atoms. The maximum Gasteiger partial charge on any atom is 0.0557 e. The van der Waals surface area contributed by atoms with Crippen LogP contribution in [-0.4, -0.2) is 9.13 Å². The summed E-state index contributed by atoms with van der Waals surface area (Å²) in [7, 11) is 0. The lowest BCUT2D eigenvalue weighted by Gasteiger charge is -2.27. The van der Waals surface area contributed by atoms with Crippen LogP contribution in [0.15, 0.2) is 121 Å². The van der Waals surface area contributed by atoms with Crippen molar-refractivity contribution in [1.29, 1.82) is 0 Å². The van der Waals surface area contributed by atoms with E-state index in [1.807, 2.05) is 0 Å². The SMILES string of the molecule is C1=CCC(n2c3c(c4cc(-c5ccc6c(c5)c5ccccc5n6C5=CC=C6C=CCCC6C5)ccc42)C=CCC3)C=C1. The van der Waals surface area contributed by atoms with Gasteiger partial charge in [0.2, 0.25) is 0 Å². The van der Waals surface area contributed by atoms with Crippen LogP contribution in [-0.2, 0) is 6.42 Å². The van der Waals surface area contributed by atoms with Gasteiger partial charge in [-0.3, -0.25) is 0 Å². The number of hydrogen-bond acceptors (Lipinski definition) is 0. The van der Waals surface area contributed by atoms with Crippen molar-refractivity contribution in [3.63, 3.8) is 0 Å². The van der Waals surface area contributed by atoms with Crippen LogP contribution >= 0.6 is 0 Å². The molecule has 0 fully saturated rings. The fraction of sp³-hybridized carbons (Fsp3) is 0.200. The van der Waals surface area contributed by atoms with Crippen LogP contribution in [0, 0.1) is 5.92 Å². The van der Waals surface area contributed by atoms with Crippen molar-refractivity contribution < 1.29 is 0 Å². The molecular formula is C40H34N2. The van der Waals surface area contributed by atoms with Gasteiger partial charge < -0.3 is 9.13 Å². The summed E-state index contributed by atoms with van der Waals surface area (Å²) in [6.07, 6.45) is 29.9. The monoisotopic (exact) mass is 542 g/mol. The molecule has 0 saturated heterocycles. The Labute approximate surface area is 247 Å². The normalized spacial score (nSPS) is 21.1. The summed E-state index contributed by atoms with van der Waals surface area (Å²) in [5.41, 5.74) is 12.3. The zero-order valence-electron chi connectivity index (χ0n) is 23.8. The van der Waals surface area contributed by atoms with Gasteiger partial charge in [0.25, 0.3) is 0 Å². The first-order valence-corrected chi connectivity index (χ1v) is 15.6. The zero-order valence-corrected chi connectivity index (χ0v) is 23.8. The topological polar surface area (TPSA) is 9.86 Å². The number of hydrogen-bond donors (Lipinski definition) is 0. The third-order valence-electron chi connectivity index (χ3n) is 9.95. The van der Waals surface area contributed by atoms with Crippen LogP contribution in [0.1, 0.15) is 49.4 Å². The van der Waals surface area contributed by atoms with Gasteiger partial charge in [-0.25, -0.2) is 0 Å². The molecule has 0 spiro atoms. The minimum absolute atomic E-state index is 0.394. The van der Waals surface area contributed by atoms with Crippen molar-refractivity contribution in [3.05, 3.63) is 132 Å². The summed E-state index contributed by atoms with van der Waals surface area (Å²) in [4.78, 5) is 0. The Morgan fingerprint density at radius 2 is 1.52 bits per heavy atom. The van der Waals surface area contributed by atoms with Crippen molar-refractivity contribution in [3.8, 4) is 11.1 Å². The van der Waals surface area contributed by atoms with Crippen molar-refractivity contribution in [2.45, 2.75) is 44.6 Å². The van der Waals surface area contributed by atoms with Crippen molar-refractivity contribution in [2.75, 3.05) is 0 Å². The van der Waals surface area contributed by atoms with E-state index in [1.165, 1.54) is 79.2 Å². The molecule has 2 heterocycles. The van der Waals surface area contributed by atoms with Crippen molar-refractivity contribution >= 4 is 44.5 Å². The third kappa shape index (κ3) is 3.64. The van der Waals surface area contributed by atoms with Gasteiger partial charge in [-0.15, -0.1) is 0 Å². The predicted octanol–water partition coefficient (Wildman–Crippen LogP) is 10.6. The maximum absolute atomic E-state index is 2.61. The highest BCUT2D eigenvalue weighted by Gasteiger charge is 2.24. The largest absolute Gasteiger partial charge is 0.337 e. The lowest BCUT2D eigenvalue weighted by Crippen LogP contribution is -2.12. The summed E-state index contributed by atoms with van der Waals surface area (Å²) in [6.45, 7) is 0. The average Bonchev–Trinajstić information content (AvgIpc) is 3.57. The Balaban J connectivity index is 1.19. The number of nitrogens with zero attached hydrogens (tertiary/aromatic N) is 2. The molecule has 4 aliphatic rings. The van der Waals surface area contributed by atoms with Gasteiger partial charge in [0.1, 0.15) is 0 Å². The van der Waals surface area contributed by atoms with E-state index in [2.05, 4.69) is 131 Å². The molecule has 4 aliphatic carbocycles. The minimum atomic E-state index is 0.394. The van der Waals surface area contributed by atoms with E-state index in [0.29, 0.717) is 12.0 Å². The third-order valence-corrected chi connectivity index (χ3v) is 9.95. The molecule has 5 aromatic rings. The number of allylic oxidation sites excluding steroid dienone is 11. The van der Waals surface area contributed by atoms with Gasteiger partial charge in [0, 0.05) is 38.6 Å². The van der Waals surface area contributed by atoms with Crippen molar-refractivity contribution in [1.82, 2.24) is 9.13 Å². The van der Waals surface area contributed by atoms with Crippen LogP contribution in [0.25, 0.3) is 55.6 Å². The van der Waals surface area contributed by atoms with Gasteiger partial charge >= 0.3 is 0 Å². The Morgan fingerprint density at radius 3 is 2.43 bits per heavy atom. The highest BCUT2D eigenvalue weighted by Crippen LogP contribution is 2.42. The van der Waals surface area contributed by atoms with Gasteiger partial charge in [-0.2, -0.15) is 0 Å². The molecule has 42 heavy (non-hydrogen) atoms. The summed E-state index contributed by atoms with van der Waals surface area (Å²) in [5.74, 6) is 0.629. The maximum atomic E-state index is 2.61. The van der Waals surface area contributed by atoms with Gasteiger partial charge in [0.05, 0.1) is 17.1 Å². The molecular weight excluding hydrogens is 508 g/mol. The second-order valence-corrected chi connectivity index (χ2v) is 12.3. The van der Waals surface area contributed by atoms with Crippen molar-refractivity contribution in [2.24, 2.45) is 5.92 Å². The molecule has 2 nitrogen and oxygen atoms in total. The molecule has 3 aromatic carbocycles. The molecule has 0 amide bonds. The van der Waals surface area contributed by atoms with E-state index >= 15 is 0 Å². The molecule has 2 aromatic heterocycles.